The van der Waals surface area contributed by atoms with Crippen LogP contribution in [0.3, 0.4) is 0 Å². The van der Waals surface area contributed by atoms with Crippen LogP contribution in [0.2, 0.25) is 0 Å². The van der Waals surface area contributed by atoms with E-state index in [1.807, 2.05) is 30.5 Å². The van der Waals surface area contributed by atoms with Gasteiger partial charge < -0.3 is 0 Å². The Balaban J connectivity index is 2.82. The van der Waals surface area contributed by atoms with E-state index in [1.54, 1.807) is 11.8 Å². The Kier molecular flexibility index (Phi) is 3.97. The number of ketones is 1. The molecule has 1 aromatic carbocycles. The fourth-order valence-corrected chi connectivity index (χ4v) is 1.84. The van der Waals surface area contributed by atoms with E-state index in [0.29, 0.717) is 6.42 Å². The van der Waals surface area contributed by atoms with Crippen LogP contribution in [0, 0.1) is 5.41 Å². The Bertz CT molecular complexity index is 350. The van der Waals surface area contributed by atoms with E-state index in [9.17, 15) is 4.79 Å². The van der Waals surface area contributed by atoms with Gasteiger partial charge in [-0.1, -0.05) is 32.9 Å². The SMILES string of the molecule is CSc1cccc(C(=O)CC(C)(C)C)c1. The molecule has 0 saturated heterocycles. The zero-order valence-electron chi connectivity index (χ0n) is 9.83. The molecule has 0 aliphatic rings. The molecule has 0 heterocycles. The van der Waals surface area contributed by atoms with Gasteiger partial charge in [-0.2, -0.15) is 0 Å². The number of hydrogen-bond acceptors (Lipinski definition) is 2. The van der Waals surface area contributed by atoms with E-state index in [2.05, 4.69) is 20.8 Å². The van der Waals surface area contributed by atoms with Gasteiger partial charge in [-0.25, -0.2) is 0 Å². The minimum atomic E-state index is 0.0619. The Morgan fingerprint density at radius 1 is 1.33 bits per heavy atom. The highest BCUT2D eigenvalue weighted by atomic mass is 32.2. The Hall–Kier alpha value is -0.760. The van der Waals surface area contributed by atoms with Crippen molar-refractivity contribution in [3.05, 3.63) is 29.8 Å². The molecule has 1 aromatic rings. The van der Waals surface area contributed by atoms with Crippen molar-refractivity contribution in [1.29, 1.82) is 0 Å². The minimum absolute atomic E-state index is 0.0619. The number of hydrogen-bond donors (Lipinski definition) is 0. The molecule has 1 nitrogen and oxygen atoms in total. The number of thioether (sulfide) groups is 1. The maximum Gasteiger partial charge on any atom is 0.163 e. The number of carbonyl (C=O) groups excluding carboxylic acids is 1. The summed E-state index contributed by atoms with van der Waals surface area (Å²) in [5, 5.41) is 0. The van der Waals surface area contributed by atoms with Gasteiger partial charge in [0.05, 0.1) is 0 Å². The highest BCUT2D eigenvalue weighted by molar-refractivity contribution is 7.98. The van der Waals surface area contributed by atoms with Gasteiger partial charge in [0.25, 0.3) is 0 Å². The molecule has 0 aliphatic carbocycles. The Morgan fingerprint density at radius 3 is 2.53 bits per heavy atom. The molecule has 0 unspecified atom stereocenters. The molecule has 0 saturated carbocycles. The van der Waals surface area contributed by atoms with Crippen LogP contribution in [-0.4, -0.2) is 12.0 Å². The second-order valence-corrected chi connectivity index (χ2v) is 5.77. The van der Waals surface area contributed by atoms with Gasteiger partial charge in [0.1, 0.15) is 0 Å². The molecule has 0 fully saturated rings. The lowest BCUT2D eigenvalue weighted by atomic mass is 9.88. The van der Waals surface area contributed by atoms with Crippen LogP contribution in [-0.2, 0) is 0 Å². The number of rotatable bonds is 3. The predicted octanol–water partition coefficient (Wildman–Crippen LogP) is 4.03. The molecule has 0 radical (unpaired) electrons. The molecule has 1 rings (SSSR count). The summed E-state index contributed by atoms with van der Waals surface area (Å²) in [5.74, 6) is 0.235. The summed E-state index contributed by atoms with van der Waals surface area (Å²) in [5.41, 5.74) is 0.892. The van der Waals surface area contributed by atoms with Crippen LogP contribution in [0.5, 0.6) is 0 Å². The van der Waals surface area contributed by atoms with Crippen molar-refractivity contribution < 1.29 is 4.79 Å². The molecule has 15 heavy (non-hydrogen) atoms. The van der Waals surface area contributed by atoms with Crippen molar-refractivity contribution in [1.82, 2.24) is 0 Å². The average Bonchev–Trinajstić information content (AvgIpc) is 2.15. The fraction of sp³-hybridized carbons (Fsp3) is 0.462. The topological polar surface area (TPSA) is 17.1 Å². The molecule has 2 heteroatoms. The maximum atomic E-state index is 11.9. The first kappa shape index (κ1) is 12.3. The lowest BCUT2D eigenvalue weighted by Crippen LogP contribution is -2.12. The molecule has 0 amide bonds. The van der Waals surface area contributed by atoms with Crippen molar-refractivity contribution in [3.8, 4) is 0 Å². The quantitative estimate of drug-likeness (QED) is 0.567. The molecule has 0 atom stereocenters. The minimum Gasteiger partial charge on any atom is -0.294 e. The van der Waals surface area contributed by atoms with E-state index in [0.717, 1.165) is 10.5 Å². The molecule has 0 N–H and O–H groups in total. The maximum absolute atomic E-state index is 11.9. The summed E-state index contributed by atoms with van der Waals surface area (Å²) in [6, 6.07) is 7.84. The zero-order chi connectivity index (χ0) is 11.5. The van der Waals surface area contributed by atoms with Gasteiger partial charge in [0.15, 0.2) is 5.78 Å². The van der Waals surface area contributed by atoms with Gasteiger partial charge in [-0.3, -0.25) is 4.79 Å². The highest BCUT2D eigenvalue weighted by Crippen LogP contribution is 2.23. The molecular formula is C13H18OS. The summed E-state index contributed by atoms with van der Waals surface area (Å²) < 4.78 is 0. The average molecular weight is 222 g/mol. The van der Waals surface area contributed by atoms with E-state index < -0.39 is 0 Å². The Labute approximate surface area is 96.3 Å². The summed E-state index contributed by atoms with van der Waals surface area (Å²) in [6.45, 7) is 6.26. The van der Waals surface area contributed by atoms with Crippen LogP contribution < -0.4 is 0 Å². The van der Waals surface area contributed by atoms with Crippen LogP contribution in [0.4, 0.5) is 0 Å². The number of carbonyl (C=O) groups is 1. The third kappa shape index (κ3) is 4.08. The standard InChI is InChI=1S/C13H18OS/c1-13(2,3)9-12(14)10-6-5-7-11(8-10)15-4/h5-8H,9H2,1-4H3. The summed E-state index contributed by atoms with van der Waals surface area (Å²) in [7, 11) is 0. The lowest BCUT2D eigenvalue weighted by molar-refractivity contribution is 0.0939. The second kappa shape index (κ2) is 4.84. The van der Waals surface area contributed by atoms with Crippen LogP contribution in [0.25, 0.3) is 0 Å². The van der Waals surface area contributed by atoms with Crippen LogP contribution >= 0.6 is 11.8 Å². The molecule has 0 aliphatic heterocycles. The van der Waals surface area contributed by atoms with E-state index >= 15 is 0 Å². The van der Waals surface area contributed by atoms with Crippen molar-refractivity contribution in [3.63, 3.8) is 0 Å². The lowest BCUT2D eigenvalue weighted by Gasteiger charge is -2.16. The second-order valence-electron chi connectivity index (χ2n) is 4.89. The zero-order valence-corrected chi connectivity index (χ0v) is 10.6. The van der Waals surface area contributed by atoms with Crippen LogP contribution in [0.15, 0.2) is 29.2 Å². The smallest absolute Gasteiger partial charge is 0.163 e. The third-order valence-corrected chi connectivity index (χ3v) is 2.81. The molecule has 0 spiro atoms. The van der Waals surface area contributed by atoms with E-state index in [1.165, 1.54) is 0 Å². The predicted molar refractivity (Wildman–Crippen MR) is 66.6 cm³/mol. The van der Waals surface area contributed by atoms with Gasteiger partial charge in [-0.05, 0) is 23.8 Å². The first-order chi connectivity index (χ1) is 6.92. The first-order valence-electron chi connectivity index (χ1n) is 5.09. The van der Waals surface area contributed by atoms with Crippen molar-refractivity contribution in [2.24, 2.45) is 5.41 Å². The van der Waals surface area contributed by atoms with Gasteiger partial charge in [-0.15, -0.1) is 11.8 Å². The highest BCUT2D eigenvalue weighted by Gasteiger charge is 2.17. The van der Waals surface area contributed by atoms with Crippen molar-refractivity contribution >= 4 is 17.5 Å². The summed E-state index contributed by atoms with van der Waals surface area (Å²) >= 11 is 1.67. The summed E-state index contributed by atoms with van der Waals surface area (Å²) in [6.07, 6.45) is 2.62. The molecular weight excluding hydrogens is 204 g/mol. The molecule has 0 aromatic heterocycles. The number of benzene rings is 1. The van der Waals surface area contributed by atoms with Gasteiger partial charge >= 0.3 is 0 Å². The summed E-state index contributed by atoms with van der Waals surface area (Å²) in [4.78, 5) is 13.1. The largest absolute Gasteiger partial charge is 0.294 e. The van der Waals surface area contributed by atoms with E-state index in [4.69, 9.17) is 0 Å². The molecule has 82 valence electrons. The number of Topliss-reactive ketones (excluding diaryl/α,β-unsaturated/α-hetero) is 1. The van der Waals surface area contributed by atoms with E-state index in [-0.39, 0.29) is 11.2 Å². The fourth-order valence-electron chi connectivity index (χ4n) is 1.38. The molecule has 0 bridgehead atoms. The van der Waals surface area contributed by atoms with Gasteiger partial charge in [0.2, 0.25) is 0 Å². The van der Waals surface area contributed by atoms with Crippen molar-refractivity contribution in [2.45, 2.75) is 32.1 Å². The first-order valence-corrected chi connectivity index (χ1v) is 6.32. The van der Waals surface area contributed by atoms with Gasteiger partial charge in [0, 0.05) is 16.9 Å². The normalized spacial score (nSPS) is 11.5. The Morgan fingerprint density at radius 2 is 2.00 bits per heavy atom. The van der Waals surface area contributed by atoms with Crippen LogP contribution in [0.1, 0.15) is 37.6 Å². The monoisotopic (exact) mass is 222 g/mol. The third-order valence-electron chi connectivity index (χ3n) is 2.08. The van der Waals surface area contributed by atoms with Crippen molar-refractivity contribution in [2.75, 3.05) is 6.26 Å².